The largest absolute Gasteiger partial charge is 0.381 e. The average Bonchev–Trinajstić information content (AvgIpc) is 3.52. The topological polar surface area (TPSA) is 71.8 Å². The van der Waals surface area contributed by atoms with Crippen molar-refractivity contribution >= 4 is 30.6 Å². The Hall–Kier alpha value is -2.58. The fourth-order valence-corrected chi connectivity index (χ4v) is 4.85. The van der Waals surface area contributed by atoms with Gasteiger partial charge in [0, 0.05) is 38.2 Å². The Morgan fingerprint density at radius 2 is 2.15 bits per heavy atom. The maximum atomic E-state index is 12.8. The van der Waals surface area contributed by atoms with Crippen LogP contribution in [-0.4, -0.2) is 47.6 Å². The smallest absolute Gasteiger partial charge is 0.272 e. The van der Waals surface area contributed by atoms with E-state index in [1.165, 1.54) is 6.34 Å². The molecule has 0 aromatic carbocycles. The van der Waals surface area contributed by atoms with Crippen LogP contribution >= 0.6 is 12.6 Å². The molecule has 0 aliphatic carbocycles. The predicted molar refractivity (Wildman–Crippen MR) is 135 cm³/mol. The van der Waals surface area contributed by atoms with Crippen LogP contribution in [0.3, 0.4) is 0 Å². The normalized spacial score (nSPS) is 20.0. The quantitative estimate of drug-likeness (QED) is 0.349. The molecular weight excluding hydrogens is 434 g/mol. The molecule has 33 heavy (non-hydrogen) atoms. The average molecular weight is 468 g/mol. The highest BCUT2D eigenvalue weighted by atomic mass is 32.1. The van der Waals surface area contributed by atoms with Gasteiger partial charge in [-0.3, -0.25) is 9.78 Å². The first-order valence-corrected chi connectivity index (χ1v) is 12.3. The predicted octanol–water partition coefficient (Wildman–Crippen LogP) is 4.07. The third-order valence-corrected chi connectivity index (χ3v) is 6.76. The molecule has 1 N–H and O–H groups in total. The van der Waals surface area contributed by atoms with Crippen LogP contribution in [0.2, 0.25) is 0 Å². The van der Waals surface area contributed by atoms with Crippen molar-refractivity contribution in [3.05, 3.63) is 59.2 Å². The molecule has 4 heterocycles. The molecule has 0 bridgehead atoms. The number of ether oxygens (including phenoxy) is 1. The number of rotatable bonds is 8. The second kappa shape index (κ2) is 11.5. The van der Waals surface area contributed by atoms with Crippen molar-refractivity contribution in [3.63, 3.8) is 0 Å². The summed E-state index contributed by atoms with van der Waals surface area (Å²) in [4.78, 5) is 24.2. The summed E-state index contributed by atoms with van der Waals surface area (Å²) < 4.78 is 7.47. The summed E-state index contributed by atoms with van der Waals surface area (Å²) in [6, 6.07) is 8.08. The van der Waals surface area contributed by atoms with Crippen LogP contribution in [0.15, 0.2) is 52.8 Å². The molecule has 2 aliphatic heterocycles. The Labute approximate surface area is 201 Å². The summed E-state index contributed by atoms with van der Waals surface area (Å²) in [7, 11) is 0. The van der Waals surface area contributed by atoms with Crippen molar-refractivity contribution in [2.24, 2.45) is 10.9 Å². The van der Waals surface area contributed by atoms with Crippen LogP contribution in [0.5, 0.6) is 0 Å². The molecule has 0 radical (unpaired) electrons. The van der Waals surface area contributed by atoms with E-state index in [0.29, 0.717) is 11.6 Å². The van der Waals surface area contributed by atoms with Crippen LogP contribution in [-0.2, 0) is 17.7 Å². The molecule has 2 aromatic rings. The van der Waals surface area contributed by atoms with Gasteiger partial charge in [-0.15, -0.1) is 12.6 Å². The number of carbonyl (C=O) groups excluding carboxylic acids is 1. The van der Waals surface area contributed by atoms with Gasteiger partial charge in [0.2, 0.25) is 0 Å². The molecule has 8 heteroatoms. The first kappa shape index (κ1) is 23.6. The number of aromatic nitrogens is 2. The molecule has 1 amide bonds. The molecule has 2 aromatic heterocycles. The number of nitrogens with zero attached hydrogens (tertiary/aromatic N) is 4. The van der Waals surface area contributed by atoms with Gasteiger partial charge in [-0.05, 0) is 67.7 Å². The van der Waals surface area contributed by atoms with Gasteiger partial charge in [-0.1, -0.05) is 6.92 Å². The monoisotopic (exact) mass is 467 g/mol. The molecule has 0 spiro atoms. The molecule has 2 aliphatic rings. The zero-order valence-corrected chi connectivity index (χ0v) is 20.1. The highest BCUT2D eigenvalue weighted by molar-refractivity contribution is 7.83. The second-order valence-electron chi connectivity index (χ2n) is 8.60. The van der Waals surface area contributed by atoms with Crippen LogP contribution in [0.4, 0.5) is 5.69 Å². The summed E-state index contributed by atoms with van der Waals surface area (Å²) in [6.45, 7) is 5.49. The second-order valence-corrected chi connectivity index (χ2v) is 8.86. The lowest BCUT2D eigenvalue weighted by Gasteiger charge is -2.26. The minimum Gasteiger partial charge on any atom is -0.381 e. The van der Waals surface area contributed by atoms with Crippen molar-refractivity contribution in [1.29, 1.82) is 0 Å². The Kier molecular flexibility index (Phi) is 8.23. The van der Waals surface area contributed by atoms with E-state index in [-0.39, 0.29) is 11.9 Å². The minimum atomic E-state index is -0.156. The maximum Gasteiger partial charge on any atom is 0.272 e. The van der Waals surface area contributed by atoms with Crippen LogP contribution in [0, 0.1) is 5.92 Å². The zero-order chi connectivity index (χ0) is 23.0. The zero-order valence-electron chi connectivity index (χ0n) is 19.2. The van der Waals surface area contributed by atoms with Gasteiger partial charge in [0.15, 0.2) is 0 Å². The number of aryl methyl sites for hydroxylation is 1. The fourth-order valence-electron chi connectivity index (χ4n) is 4.61. The van der Waals surface area contributed by atoms with Crippen molar-refractivity contribution < 1.29 is 9.53 Å². The summed E-state index contributed by atoms with van der Waals surface area (Å²) in [6.07, 6.45) is 10.4. The standard InChI is InChI=1S/C25H33N5O2S/c1-2-20-7-8-21(15-26-20)30-12-4-5-23(30)22(17-33)27-18-28-25(31)24-6-3-11-29(24)16-19-9-13-32-14-10-19/h3,6-8,11,15,17-19,23,33H,2,4-5,9-10,12-14,16H2,1H3,(H,27,28,31)/b22-17-/t23-/m1/s1. The number of carbonyl (C=O) groups is 1. The summed E-state index contributed by atoms with van der Waals surface area (Å²) in [5.74, 6) is 0.385. The number of aliphatic imine (C=N–C) groups is 1. The Bertz CT molecular complexity index is 979. The molecule has 1 atom stereocenters. The van der Waals surface area contributed by atoms with Crippen LogP contribution < -0.4 is 10.2 Å². The van der Waals surface area contributed by atoms with Crippen molar-refractivity contribution in [2.75, 3.05) is 24.7 Å². The summed E-state index contributed by atoms with van der Waals surface area (Å²) in [5.41, 5.74) is 3.65. The molecule has 2 fully saturated rings. The van der Waals surface area contributed by atoms with Gasteiger partial charge < -0.3 is 19.5 Å². The first-order chi connectivity index (χ1) is 16.2. The Morgan fingerprint density at radius 1 is 1.30 bits per heavy atom. The van der Waals surface area contributed by atoms with E-state index in [0.717, 1.165) is 75.5 Å². The highest BCUT2D eigenvalue weighted by Crippen LogP contribution is 2.30. The molecule has 4 rings (SSSR count). The number of hydrogen-bond donors (Lipinski definition) is 2. The van der Waals surface area contributed by atoms with Crippen molar-refractivity contribution in [1.82, 2.24) is 14.9 Å². The third kappa shape index (κ3) is 5.86. The van der Waals surface area contributed by atoms with Crippen molar-refractivity contribution in [2.45, 2.75) is 51.6 Å². The van der Waals surface area contributed by atoms with Crippen LogP contribution in [0.25, 0.3) is 0 Å². The lowest BCUT2D eigenvalue weighted by atomic mass is 10.0. The molecule has 176 valence electrons. The minimum absolute atomic E-state index is 0.113. The van der Waals surface area contributed by atoms with Crippen molar-refractivity contribution in [3.8, 4) is 0 Å². The van der Waals surface area contributed by atoms with Gasteiger partial charge >= 0.3 is 0 Å². The third-order valence-electron chi connectivity index (χ3n) is 6.50. The van der Waals surface area contributed by atoms with Crippen LogP contribution in [0.1, 0.15) is 48.8 Å². The van der Waals surface area contributed by atoms with E-state index in [1.54, 1.807) is 5.41 Å². The van der Waals surface area contributed by atoms with E-state index >= 15 is 0 Å². The summed E-state index contributed by atoms with van der Waals surface area (Å²) >= 11 is 4.40. The number of nitrogens with one attached hydrogen (secondary N) is 1. The highest BCUT2D eigenvalue weighted by Gasteiger charge is 2.28. The van der Waals surface area contributed by atoms with Gasteiger partial charge in [0.1, 0.15) is 5.69 Å². The first-order valence-electron chi connectivity index (χ1n) is 11.8. The van der Waals surface area contributed by atoms with E-state index in [2.05, 4.69) is 51.9 Å². The number of pyridine rings is 1. The molecule has 0 unspecified atom stereocenters. The Morgan fingerprint density at radius 3 is 2.88 bits per heavy atom. The van der Waals surface area contributed by atoms with E-state index in [4.69, 9.17) is 4.74 Å². The SMILES string of the molecule is CCc1ccc(N2CCC[C@@H]2/C(=C/S)N=CNC(=O)c2cccn2CC2CCOCC2)cn1. The van der Waals surface area contributed by atoms with E-state index in [1.807, 2.05) is 29.1 Å². The maximum absolute atomic E-state index is 12.8. The van der Waals surface area contributed by atoms with Gasteiger partial charge in [-0.25, -0.2) is 4.99 Å². The lowest BCUT2D eigenvalue weighted by molar-refractivity contribution is 0.0609. The van der Waals surface area contributed by atoms with Gasteiger partial charge in [0.25, 0.3) is 5.91 Å². The number of amides is 1. The number of thiol groups is 1. The fraction of sp³-hybridized carbons (Fsp3) is 0.480. The molecule has 0 saturated carbocycles. The Balaban J connectivity index is 1.37. The van der Waals surface area contributed by atoms with E-state index < -0.39 is 0 Å². The molecule has 2 saturated heterocycles. The van der Waals surface area contributed by atoms with Gasteiger partial charge in [0.05, 0.1) is 30.0 Å². The van der Waals surface area contributed by atoms with E-state index in [9.17, 15) is 4.79 Å². The number of hydrogen-bond acceptors (Lipinski definition) is 6. The lowest BCUT2D eigenvalue weighted by Crippen LogP contribution is -2.31. The molecular formula is C25H33N5O2S. The van der Waals surface area contributed by atoms with Gasteiger partial charge in [-0.2, -0.15) is 0 Å². The summed E-state index contributed by atoms with van der Waals surface area (Å²) in [5, 5.41) is 4.57. The molecule has 7 nitrogen and oxygen atoms in total. The number of anilines is 1.